The monoisotopic (exact) mass is 289 g/mol. The average molecular weight is 289 g/mol. The summed E-state index contributed by atoms with van der Waals surface area (Å²) in [5.41, 5.74) is 7.03. The molecule has 0 saturated heterocycles. The molecule has 5 heteroatoms. The lowest BCUT2D eigenvalue weighted by atomic mass is 9.87. The van der Waals surface area contributed by atoms with Crippen LogP contribution in [0.25, 0.3) is 0 Å². The van der Waals surface area contributed by atoms with Crippen LogP contribution in [-0.2, 0) is 9.59 Å². The Balaban J connectivity index is 1.92. The number of anilines is 2. The van der Waals surface area contributed by atoms with E-state index in [1.807, 2.05) is 20.8 Å². The summed E-state index contributed by atoms with van der Waals surface area (Å²) >= 11 is 0. The SMILES string of the molecule is CC(C)(C)C(N)C(=O)Nc1ccc(NC(=O)C2CC2)cc1. The van der Waals surface area contributed by atoms with Crippen LogP contribution in [0.15, 0.2) is 24.3 Å². The average Bonchev–Trinajstić information content (AvgIpc) is 3.23. The predicted octanol–water partition coefficient (Wildman–Crippen LogP) is 2.35. The molecule has 2 amide bonds. The summed E-state index contributed by atoms with van der Waals surface area (Å²) in [6.45, 7) is 5.77. The van der Waals surface area contributed by atoms with Crippen LogP contribution in [0.1, 0.15) is 33.6 Å². The standard InChI is InChI=1S/C16H23N3O2/c1-16(2,3)13(17)15(21)19-12-8-6-11(7-9-12)18-14(20)10-4-5-10/h6-10,13H,4-5,17H2,1-3H3,(H,18,20)(H,19,21). The van der Waals surface area contributed by atoms with Gasteiger partial charge in [-0.2, -0.15) is 0 Å². The van der Waals surface area contributed by atoms with Crippen LogP contribution in [0.4, 0.5) is 11.4 Å². The minimum Gasteiger partial charge on any atom is -0.326 e. The number of hydrogen-bond donors (Lipinski definition) is 3. The Labute approximate surface area is 125 Å². The summed E-state index contributed by atoms with van der Waals surface area (Å²) in [5.74, 6) is 0.0352. The summed E-state index contributed by atoms with van der Waals surface area (Å²) in [5, 5.41) is 5.64. The summed E-state index contributed by atoms with van der Waals surface area (Å²) in [6.07, 6.45) is 1.95. The van der Waals surface area contributed by atoms with Gasteiger partial charge in [0.2, 0.25) is 11.8 Å². The molecule has 0 bridgehead atoms. The Morgan fingerprint density at radius 1 is 1.10 bits per heavy atom. The van der Waals surface area contributed by atoms with Gasteiger partial charge in [0.25, 0.3) is 0 Å². The lowest BCUT2D eigenvalue weighted by Gasteiger charge is -2.25. The molecular weight excluding hydrogens is 266 g/mol. The molecule has 0 spiro atoms. The maximum Gasteiger partial charge on any atom is 0.241 e. The topological polar surface area (TPSA) is 84.2 Å². The molecule has 4 N–H and O–H groups in total. The van der Waals surface area contributed by atoms with Crippen LogP contribution in [0, 0.1) is 11.3 Å². The third kappa shape index (κ3) is 4.29. The number of hydrogen-bond acceptors (Lipinski definition) is 3. The van der Waals surface area contributed by atoms with E-state index in [0.29, 0.717) is 5.69 Å². The fourth-order valence-corrected chi connectivity index (χ4v) is 1.84. The lowest BCUT2D eigenvalue weighted by Crippen LogP contribution is -2.45. The van der Waals surface area contributed by atoms with Gasteiger partial charge in [0, 0.05) is 17.3 Å². The first-order valence-electron chi connectivity index (χ1n) is 7.25. The summed E-state index contributed by atoms with van der Waals surface area (Å²) < 4.78 is 0. The molecule has 1 saturated carbocycles. The number of benzene rings is 1. The van der Waals surface area contributed by atoms with Crippen molar-refractivity contribution >= 4 is 23.2 Å². The Morgan fingerprint density at radius 2 is 1.57 bits per heavy atom. The van der Waals surface area contributed by atoms with E-state index in [1.54, 1.807) is 24.3 Å². The normalized spacial score (nSPS) is 16.2. The molecule has 21 heavy (non-hydrogen) atoms. The molecule has 1 aliphatic rings. The van der Waals surface area contributed by atoms with Gasteiger partial charge >= 0.3 is 0 Å². The van der Waals surface area contributed by atoms with E-state index in [2.05, 4.69) is 10.6 Å². The number of carbonyl (C=O) groups is 2. The van der Waals surface area contributed by atoms with Crippen LogP contribution in [0.2, 0.25) is 0 Å². The molecular formula is C16H23N3O2. The number of nitrogens with two attached hydrogens (primary N) is 1. The summed E-state index contributed by atoms with van der Waals surface area (Å²) in [6, 6.07) is 6.49. The number of carbonyl (C=O) groups excluding carboxylic acids is 2. The molecule has 1 aliphatic carbocycles. The second-order valence-electron chi connectivity index (χ2n) is 6.67. The van der Waals surface area contributed by atoms with Gasteiger partial charge < -0.3 is 16.4 Å². The van der Waals surface area contributed by atoms with E-state index in [-0.39, 0.29) is 23.1 Å². The van der Waals surface area contributed by atoms with E-state index in [4.69, 9.17) is 5.73 Å². The fourth-order valence-electron chi connectivity index (χ4n) is 1.84. The van der Waals surface area contributed by atoms with Crippen molar-refractivity contribution in [1.29, 1.82) is 0 Å². The molecule has 1 unspecified atom stereocenters. The minimum absolute atomic E-state index is 0.0709. The zero-order valence-electron chi connectivity index (χ0n) is 12.8. The highest BCUT2D eigenvalue weighted by Gasteiger charge is 2.29. The molecule has 0 radical (unpaired) electrons. The van der Waals surface area contributed by atoms with Crippen molar-refractivity contribution in [3.05, 3.63) is 24.3 Å². The van der Waals surface area contributed by atoms with Gasteiger partial charge in [-0.25, -0.2) is 0 Å². The highest BCUT2D eigenvalue weighted by Crippen LogP contribution is 2.30. The molecule has 1 aromatic rings. The predicted molar refractivity (Wildman–Crippen MR) is 83.9 cm³/mol. The molecule has 1 aromatic carbocycles. The van der Waals surface area contributed by atoms with Gasteiger partial charge in [0.15, 0.2) is 0 Å². The summed E-state index contributed by atoms with van der Waals surface area (Å²) in [4.78, 5) is 23.7. The van der Waals surface area contributed by atoms with Crippen LogP contribution in [0.3, 0.4) is 0 Å². The van der Waals surface area contributed by atoms with E-state index in [0.717, 1.165) is 18.5 Å². The van der Waals surface area contributed by atoms with Crippen molar-refractivity contribution in [2.75, 3.05) is 10.6 Å². The smallest absolute Gasteiger partial charge is 0.241 e. The number of rotatable bonds is 4. The lowest BCUT2D eigenvalue weighted by molar-refractivity contribution is -0.119. The Morgan fingerprint density at radius 3 is 2.00 bits per heavy atom. The van der Waals surface area contributed by atoms with E-state index in [1.165, 1.54) is 0 Å². The van der Waals surface area contributed by atoms with Crippen LogP contribution in [-0.4, -0.2) is 17.9 Å². The molecule has 1 fully saturated rings. The summed E-state index contributed by atoms with van der Waals surface area (Å²) in [7, 11) is 0. The third-order valence-electron chi connectivity index (χ3n) is 3.58. The molecule has 5 nitrogen and oxygen atoms in total. The van der Waals surface area contributed by atoms with Gasteiger partial charge in [-0.05, 0) is 42.5 Å². The number of nitrogens with one attached hydrogen (secondary N) is 2. The van der Waals surface area contributed by atoms with Gasteiger partial charge in [0.1, 0.15) is 0 Å². The third-order valence-corrected chi connectivity index (χ3v) is 3.58. The molecule has 0 heterocycles. The first kappa shape index (κ1) is 15.5. The van der Waals surface area contributed by atoms with Crippen LogP contribution in [0.5, 0.6) is 0 Å². The first-order chi connectivity index (χ1) is 9.77. The number of amides is 2. The van der Waals surface area contributed by atoms with Crippen molar-refractivity contribution in [2.45, 2.75) is 39.7 Å². The highest BCUT2D eigenvalue weighted by atomic mass is 16.2. The molecule has 2 rings (SSSR count). The van der Waals surface area contributed by atoms with Gasteiger partial charge in [-0.3, -0.25) is 9.59 Å². The quantitative estimate of drug-likeness (QED) is 0.795. The van der Waals surface area contributed by atoms with Crippen LogP contribution < -0.4 is 16.4 Å². The Kier molecular flexibility index (Phi) is 4.32. The van der Waals surface area contributed by atoms with Crippen molar-refractivity contribution in [3.8, 4) is 0 Å². The van der Waals surface area contributed by atoms with Gasteiger partial charge in [0.05, 0.1) is 6.04 Å². The highest BCUT2D eigenvalue weighted by molar-refractivity contribution is 5.96. The second kappa shape index (κ2) is 5.85. The fraction of sp³-hybridized carbons (Fsp3) is 0.500. The minimum atomic E-state index is -0.577. The Hall–Kier alpha value is -1.88. The van der Waals surface area contributed by atoms with Crippen LogP contribution >= 0.6 is 0 Å². The van der Waals surface area contributed by atoms with Crippen molar-refractivity contribution < 1.29 is 9.59 Å². The molecule has 1 atom stereocenters. The molecule has 0 aliphatic heterocycles. The van der Waals surface area contributed by atoms with Crippen molar-refractivity contribution in [3.63, 3.8) is 0 Å². The maximum atomic E-state index is 12.0. The van der Waals surface area contributed by atoms with E-state index in [9.17, 15) is 9.59 Å². The van der Waals surface area contributed by atoms with E-state index < -0.39 is 6.04 Å². The zero-order chi connectivity index (χ0) is 15.6. The van der Waals surface area contributed by atoms with Gasteiger partial charge in [-0.1, -0.05) is 20.8 Å². The zero-order valence-corrected chi connectivity index (χ0v) is 12.8. The first-order valence-corrected chi connectivity index (χ1v) is 7.25. The second-order valence-corrected chi connectivity index (χ2v) is 6.67. The van der Waals surface area contributed by atoms with E-state index >= 15 is 0 Å². The van der Waals surface area contributed by atoms with Crippen molar-refractivity contribution in [2.24, 2.45) is 17.1 Å². The van der Waals surface area contributed by atoms with Crippen molar-refractivity contribution in [1.82, 2.24) is 0 Å². The molecule has 0 aromatic heterocycles. The maximum absolute atomic E-state index is 12.0. The molecule has 114 valence electrons. The Bertz CT molecular complexity index is 527. The largest absolute Gasteiger partial charge is 0.326 e. The van der Waals surface area contributed by atoms with Gasteiger partial charge in [-0.15, -0.1) is 0 Å².